The molecule has 4 fully saturated rings. The van der Waals surface area contributed by atoms with Crippen LogP contribution in [-0.2, 0) is 19.2 Å². The molecule has 4 amide bonds. The van der Waals surface area contributed by atoms with Gasteiger partial charge in [0.05, 0.1) is 36.3 Å². The van der Waals surface area contributed by atoms with Crippen LogP contribution in [0.1, 0.15) is 78.1 Å². The van der Waals surface area contributed by atoms with Gasteiger partial charge in [-0.2, -0.15) is 0 Å². The van der Waals surface area contributed by atoms with Crippen LogP contribution in [0.3, 0.4) is 0 Å². The van der Waals surface area contributed by atoms with E-state index in [0.29, 0.717) is 11.4 Å². The molecule has 2 atom stereocenters. The van der Waals surface area contributed by atoms with E-state index in [1.165, 1.54) is 9.80 Å². The number of imide groups is 2. The molecule has 8 nitrogen and oxygen atoms in total. The van der Waals surface area contributed by atoms with Gasteiger partial charge >= 0.3 is 0 Å². The molecule has 1 aromatic carbocycles. The van der Waals surface area contributed by atoms with Crippen LogP contribution < -0.4 is 20.4 Å². The molecule has 194 valence electrons. The highest BCUT2D eigenvalue weighted by molar-refractivity contribution is 6.24. The zero-order valence-corrected chi connectivity index (χ0v) is 21.4. The average molecular weight is 495 g/mol. The summed E-state index contributed by atoms with van der Waals surface area (Å²) in [6.07, 6.45) is 8.99. The number of carbonyl (C=O) groups excluding carboxylic acids is 4. The number of amides is 4. The second-order valence-electron chi connectivity index (χ2n) is 11.4. The summed E-state index contributed by atoms with van der Waals surface area (Å²) in [6.45, 7) is 4.51. The maximum absolute atomic E-state index is 13.1. The molecule has 8 heteroatoms. The summed E-state index contributed by atoms with van der Waals surface area (Å²) in [5, 5.41) is 6.82. The number of benzene rings is 1. The summed E-state index contributed by atoms with van der Waals surface area (Å²) >= 11 is 0. The quantitative estimate of drug-likeness (QED) is 0.589. The zero-order chi connectivity index (χ0) is 25.4. The van der Waals surface area contributed by atoms with E-state index in [1.807, 2.05) is 0 Å². The van der Waals surface area contributed by atoms with Gasteiger partial charge in [0.1, 0.15) is 0 Å². The van der Waals surface area contributed by atoms with E-state index in [4.69, 9.17) is 0 Å². The van der Waals surface area contributed by atoms with Crippen molar-refractivity contribution in [2.75, 3.05) is 9.80 Å². The first-order chi connectivity index (χ1) is 17.3. The minimum absolute atomic E-state index is 0.156. The van der Waals surface area contributed by atoms with E-state index in [2.05, 4.69) is 24.5 Å². The fourth-order valence-electron chi connectivity index (χ4n) is 6.24. The third kappa shape index (κ3) is 5.11. The molecule has 2 saturated heterocycles. The van der Waals surface area contributed by atoms with Crippen molar-refractivity contribution in [1.29, 1.82) is 0 Å². The summed E-state index contributed by atoms with van der Waals surface area (Å²) < 4.78 is 0. The molecule has 36 heavy (non-hydrogen) atoms. The SMILES string of the molecule is CC1CCC(N[C@H]2CC(=O)N(c3ccc(N4C(=O)C[C@H](NC5CCC(C)CC5)C4=O)cc3)C2=O)CC1. The standard InChI is InChI=1S/C28H38N4O4/c1-17-3-7-19(8-4-17)29-23-15-25(33)31(27(23)35)21-11-13-22(14-12-21)32-26(34)16-24(28(32)36)30-20-9-5-18(2)6-10-20/h11-14,17-20,23-24,29-30H,3-10,15-16H2,1-2H3/t17?,18?,19?,20?,23-,24-/m0/s1. The van der Waals surface area contributed by atoms with Gasteiger partial charge in [0, 0.05) is 12.1 Å². The van der Waals surface area contributed by atoms with Gasteiger partial charge in [-0.25, -0.2) is 9.80 Å². The largest absolute Gasteiger partial charge is 0.303 e. The van der Waals surface area contributed by atoms with E-state index < -0.39 is 12.1 Å². The molecule has 0 bridgehead atoms. The first-order valence-electron chi connectivity index (χ1n) is 13.7. The second-order valence-corrected chi connectivity index (χ2v) is 11.4. The van der Waals surface area contributed by atoms with Crippen molar-refractivity contribution in [3.8, 4) is 0 Å². The van der Waals surface area contributed by atoms with Crippen molar-refractivity contribution < 1.29 is 19.2 Å². The maximum Gasteiger partial charge on any atom is 0.251 e. The smallest absolute Gasteiger partial charge is 0.251 e. The van der Waals surface area contributed by atoms with Gasteiger partial charge in [0.25, 0.3) is 11.8 Å². The van der Waals surface area contributed by atoms with E-state index >= 15 is 0 Å². The molecule has 2 heterocycles. The molecule has 2 aliphatic heterocycles. The third-order valence-corrected chi connectivity index (χ3v) is 8.56. The van der Waals surface area contributed by atoms with Gasteiger partial charge < -0.3 is 10.6 Å². The van der Waals surface area contributed by atoms with Crippen LogP contribution in [0.25, 0.3) is 0 Å². The number of hydrogen-bond donors (Lipinski definition) is 2. The predicted molar refractivity (Wildman–Crippen MR) is 137 cm³/mol. The Kier molecular flexibility index (Phi) is 7.26. The minimum Gasteiger partial charge on any atom is -0.303 e. The number of carbonyl (C=O) groups is 4. The van der Waals surface area contributed by atoms with Gasteiger partial charge in [0.15, 0.2) is 0 Å². The number of rotatable bonds is 6. The van der Waals surface area contributed by atoms with Crippen LogP contribution in [0.4, 0.5) is 11.4 Å². The Labute approximate surface area is 213 Å². The molecule has 0 spiro atoms. The summed E-state index contributed by atoms with van der Waals surface area (Å²) in [5.41, 5.74) is 0.945. The molecule has 2 N–H and O–H groups in total. The van der Waals surface area contributed by atoms with Crippen molar-refractivity contribution >= 4 is 35.0 Å². The molecule has 4 aliphatic rings. The Morgan fingerprint density at radius 1 is 0.583 bits per heavy atom. The van der Waals surface area contributed by atoms with Gasteiger partial charge in [-0.1, -0.05) is 13.8 Å². The molecule has 0 aromatic heterocycles. The Morgan fingerprint density at radius 2 is 0.917 bits per heavy atom. The number of anilines is 2. The molecule has 5 rings (SSSR count). The summed E-state index contributed by atoms with van der Waals surface area (Å²) in [6, 6.07) is 6.17. The van der Waals surface area contributed by atoms with Crippen molar-refractivity contribution in [3.05, 3.63) is 24.3 Å². The van der Waals surface area contributed by atoms with E-state index in [0.717, 1.165) is 63.2 Å². The molecule has 0 radical (unpaired) electrons. The summed E-state index contributed by atoms with van der Waals surface area (Å²) in [4.78, 5) is 54.0. The molecule has 2 saturated carbocycles. The van der Waals surface area contributed by atoms with Crippen molar-refractivity contribution in [2.45, 2.75) is 102 Å². The predicted octanol–water partition coefficient (Wildman–Crippen LogP) is 3.29. The van der Waals surface area contributed by atoms with E-state index in [9.17, 15) is 19.2 Å². The van der Waals surface area contributed by atoms with Crippen LogP contribution in [0.15, 0.2) is 24.3 Å². The van der Waals surface area contributed by atoms with Gasteiger partial charge in [-0.15, -0.1) is 0 Å². The Morgan fingerprint density at radius 3 is 1.25 bits per heavy atom. The van der Waals surface area contributed by atoms with Gasteiger partial charge in [-0.05, 0) is 87.5 Å². The van der Waals surface area contributed by atoms with Crippen molar-refractivity contribution in [1.82, 2.24) is 10.6 Å². The first kappa shape index (κ1) is 25.1. The minimum atomic E-state index is -0.494. The van der Waals surface area contributed by atoms with E-state index in [1.54, 1.807) is 24.3 Å². The Bertz CT molecular complexity index is 928. The number of nitrogens with one attached hydrogen (secondary N) is 2. The Hall–Kier alpha value is -2.58. The fourth-order valence-corrected chi connectivity index (χ4v) is 6.24. The highest BCUT2D eigenvalue weighted by atomic mass is 16.2. The van der Waals surface area contributed by atoms with Crippen molar-refractivity contribution in [3.63, 3.8) is 0 Å². The fraction of sp³-hybridized carbons (Fsp3) is 0.643. The molecule has 1 aromatic rings. The highest BCUT2D eigenvalue weighted by Gasteiger charge is 2.42. The van der Waals surface area contributed by atoms with Gasteiger partial charge in [0.2, 0.25) is 11.8 Å². The lowest BCUT2D eigenvalue weighted by Crippen LogP contribution is -2.45. The maximum atomic E-state index is 13.1. The lowest BCUT2D eigenvalue weighted by Gasteiger charge is -2.29. The molecular formula is C28H38N4O4. The first-order valence-corrected chi connectivity index (χ1v) is 13.7. The molecular weight excluding hydrogens is 456 g/mol. The topological polar surface area (TPSA) is 98.8 Å². The van der Waals surface area contributed by atoms with Crippen LogP contribution >= 0.6 is 0 Å². The summed E-state index contributed by atoms with van der Waals surface area (Å²) in [7, 11) is 0. The monoisotopic (exact) mass is 494 g/mol. The normalized spacial score (nSPS) is 33.6. The summed E-state index contributed by atoms with van der Waals surface area (Å²) in [5.74, 6) is 0.519. The average Bonchev–Trinajstić information content (AvgIpc) is 3.30. The lowest BCUT2D eigenvalue weighted by atomic mass is 9.87. The van der Waals surface area contributed by atoms with Crippen LogP contribution in [-0.4, -0.2) is 47.8 Å². The lowest BCUT2D eigenvalue weighted by molar-refractivity contribution is -0.123. The Balaban J connectivity index is 1.21. The highest BCUT2D eigenvalue weighted by Crippen LogP contribution is 2.31. The van der Waals surface area contributed by atoms with Crippen LogP contribution in [0.2, 0.25) is 0 Å². The van der Waals surface area contributed by atoms with Crippen molar-refractivity contribution in [2.24, 2.45) is 11.8 Å². The number of hydrogen-bond acceptors (Lipinski definition) is 6. The van der Waals surface area contributed by atoms with Crippen LogP contribution in [0, 0.1) is 11.8 Å². The van der Waals surface area contributed by atoms with E-state index in [-0.39, 0.29) is 48.6 Å². The zero-order valence-electron chi connectivity index (χ0n) is 21.4. The number of nitrogens with zero attached hydrogens (tertiary/aromatic N) is 2. The third-order valence-electron chi connectivity index (χ3n) is 8.56. The molecule has 2 aliphatic carbocycles. The van der Waals surface area contributed by atoms with Crippen LogP contribution in [0.5, 0.6) is 0 Å². The van der Waals surface area contributed by atoms with Gasteiger partial charge in [-0.3, -0.25) is 19.2 Å². The second kappa shape index (κ2) is 10.4. The molecule has 0 unspecified atom stereocenters.